The first kappa shape index (κ1) is 9.08. The van der Waals surface area contributed by atoms with E-state index < -0.39 is 0 Å². The van der Waals surface area contributed by atoms with Crippen molar-refractivity contribution < 1.29 is 0 Å². The number of aromatic amines is 1. The number of hydrogen-bond acceptors (Lipinski definition) is 3. The first-order valence-electron chi connectivity index (χ1n) is 5.07. The third-order valence-corrected chi connectivity index (χ3v) is 2.43. The third kappa shape index (κ3) is 1.29. The number of aryl methyl sites for hydroxylation is 2. The van der Waals surface area contributed by atoms with Crippen LogP contribution in [0.1, 0.15) is 11.4 Å². The summed E-state index contributed by atoms with van der Waals surface area (Å²) in [5, 5.41) is 6.86. The van der Waals surface area contributed by atoms with Crippen LogP contribution in [0, 0.1) is 13.8 Å². The molecule has 16 heavy (non-hydrogen) atoms. The summed E-state index contributed by atoms with van der Waals surface area (Å²) < 4.78 is 1.99. The molecule has 0 aromatic carbocycles. The molecule has 0 unspecified atom stereocenters. The smallest absolute Gasteiger partial charge is 0.165 e. The monoisotopic (exact) mass is 213 g/mol. The molecule has 3 heterocycles. The molecule has 3 aromatic heterocycles. The van der Waals surface area contributed by atoms with Crippen molar-refractivity contribution >= 4 is 5.65 Å². The summed E-state index contributed by atoms with van der Waals surface area (Å²) in [6.07, 6.45) is 5.67. The van der Waals surface area contributed by atoms with Gasteiger partial charge in [-0.25, -0.2) is 9.97 Å². The summed E-state index contributed by atoms with van der Waals surface area (Å²) in [6.45, 7) is 3.94. The number of aromatic nitrogens is 5. The number of rotatable bonds is 1. The van der Waals surface area contributed by atoms with Gasteiger partial charge in [0.05, 0.1) is 17.1 Å². The van der Waals surface area contributed by atoms with Gasteiger partial charge < -0.3 is 4.40 Å². The van der Waals surface area contributed by atoms with Crippen molar-refractivity contribution in [3.8, 4) is 11.4 Å². The molecule has 0 spiro atoms. The summed E-state index contributed by atoms with van der Waals surface area (Å²) in [7, 11) is 0. The molecular weight excluding hydrogens is 202 g/mol. The molecule has 5 heteroatoms. The van der Waals surface area contributed by atoms with Crippen LogP contribution in [0.15, 0.2) is 24.7 Å². The quantitative estimate of drug-likeness (QED) is 0.669. The molecule has 0 saturated heterocycles. The normalized spacial score (nSPS) is 11.1. The van der Waals surface area contributed by atoms with Crippen molar-refractivity contribution in [3.05, 3.63) is 36.0 Å². The maximum absolute atomic E-state index is 4.50. The minimum absolute atomic E-state index is 0.839. The van der Waals surface area contributed by atoms with E-state index in [-0.39, 0.29) is 0 Å². The van der Waals surface area contributed by atoms with Crippen molar-refractivity contribution in [3.63, 3.8) is 0 Å². The van der Waals surface area contributed by atoms with Gasteiger partial charge in [-0.2, -0.15) is 5.10 Å². The van der Waals surface area contributed by atoms with Gasteiger partial charge in [0.25, 0.3) is 0 Å². The molecule has 0 saturated carbocycles. The molecule has 0 bridgehead atoms. The van der Waals surface area contributed by atoms with E-state index in [0.29, 0.717) is 0 Å². The second-order valence-electron chi connectivity index (χ2n) is 3.81. The SMILES string of the molecule is Cc1cn2cc(C)nc2c(-c2ccn[nH]2)n1. The largest absolute Gasteiger partial charge is 0.303 e. The zero-order chi connectivity index (χ0) is 11.1. The van der Waals surface area contributed by atoms with E-state index in [2.05, 4.69) is 20.2 Å². The molecule has 0 aliphatic heterocycles. The van der Waals surface area contributed by atoms with E-state index in [4.69, 9.17) is 0 Å². The maximum Gasteiger partial charge on any atom is 0.165 e. The fourth-order valence-corrected chi connectivity index (χ4v) is 1.81. The Morgan fingerprint density at radius 2 is 1.88 bits per heavy atom. The van der Waals surface area contributed by atoms with Gasteiger partial charge in [-0.3, -0.25) is 5.10 Å². The van der Waals surface area contributed by atoms with Gasteiger partial charge in [0.15, 0.2) is 5.65 Å². The Balaban J connectivity index is 2.38. The Bertz CT molecular complexity index is 636. The molecule has 0 aliphatic rings. The Morgan fingerprint density at radius 3 is 2.56 bits per heavy atom. The van der Waals surface area contributed by atoms with Crippen molar-refractivity contribution in [2.24, 2.45) is 0 Å². The minimum atomic E-state index is 0.839. The van der Waals surface area contributed by atoms with Crippen LogP contribution >= 0.6 is 0 Å². The summed E-state index contributed by atoms with van der Waals surface area (Å²) >= 11 is 0. The van der Waals surface area contributed by atoms with Gasteiger partial charge in [-0.1, -0.05) is 0 Å². The van der Waals surface area contributed by atoms with Crippen LogP contribution in [0.5, 0.6) is 0 Å². The van der Waals surface area contributed by atoms with Crippen LogP contribution in [0.2, 0.25) is 0 Å². The number of nitrogens with zero attached hydrogens (tertiary/aromatic N) is 4. The zero-order valence-corrected chi connectivity index (χ0v) is 9.10. The lowest BCUT2D eigenvalue weighted by atomic mass is 10.3. The van der Waals surface area contributed by atoms with Crippen LogP contribution in [-0.2, 0) is 0 Å². The van der Waals surface area contributed by atoms with Crippen LogP contribution in [0.3, 0.4) is 0 Å². The van der Waals surface area contributed by atoms with Crippen LogP contribution < -0.4 is 0 Å². The predicted molar refractivity (Wildman–Crippen MR) is 60.0 cm³/mol. The molecule has 80 valence electrons. The molecule has 0 atom stereocenters. The molecule has 0 fully saturated rings. The molecular formula is C11H11N5. The lowest BCUT2D eigenvalue weighted by Crippen LogP contribution is -1.95. The number of H-pyrrole nitrogens is 1. The lowest BCUT2D eigenvalue weighted by Gasteiger charge is -2.02. The lowest BCUT2D eigenvalue weighted by molar-refractivity contribution is 1.05. The third-order valence-electron chi connectivity index (χ3n) is 2.43. The van der Waals surface area contributed by atoms with E-state index in [1.54, 1.807) is 6.20 Å². The van der Waals surface area contributed by atoms with Gasteiger partial charge in [-0.05, 0) is 19.9 Å². The number of fused-ring (bicyclic) bond motifs is 1. The van der Waals surface area contributed by atoms with Crippen molar-refractivity contribution in [2.45, 2.75) is 13.8 Å². The van der Waals surface area contributed by atoms with E-state index in [1.807, 2.05) is 36.7 Å². The van der Waals surface area contributed by atoms with Crippen molar-refractivity contribution in [1.82, 2.24) is 24.6 Å². The van der Waals surface area contributed by atoms with Gasteiger partial charge in [0.2, 0.25) is 0 Å². The summed E-state index contributed by atoms with van der Waals surface area (Å²) in [4.78, 5) is 8.97. The summed E-state index contributed by atoms with van der Waals surface area (Å²) in [6, 6.07) is 1.89. The van der Waals surface area contributed by atoms with Crippen LogP contribution in [-0.4, -0.2) is 24.6 Å². The minimum Gasteiger partial charge on any atom is -0.303 e. The topological polar surface area (TPSA) is 58.9 Å². The standard InChI is InChI=1S/C11H11N5/c1-7-5-16-6-8(2)14-11(16)10(13-7)9-3-4-12-15-9/h3-6H,1-2H3,(H,12,15). The Labute approximate surface area is 92.2 Å². The fraction of sp³-hybridized carbons (Fsp3) is 0.182. The van der Waals surface area contributed by atoms with E-state index in [9.17, 15) is 0 Å². The number of nitrogens with one attached hydrogen (secondary N) is 1. The first-order chi connectivity index (χ1) is 7.74. The highest BCUT2D eigenvalue weighted by Crippen LogP contribution is 2.20. The van der Waals surface area contributed by atoms with Crippen LogP contribution in [0.25, 0.3) is 17.0 Å². The number of hydrogen-bond donors (Lipinski definition) is 1. The highest BCUT2D eigenvalue weighted by molar-refractivity contribution is 5.71. The molecule has 3 aromatic rings. The predicted octanol–water partition coefficient (Wildman–Crippen LogP) is 1.74. The Morgan fingerprint density at radius 1 is 1.12 bits per heavy atom. The summed E-state index contributed by atoms with van der Waals surface area (Å²) in [5.41, 5.74) is 4.51. The molecule has 0 amide bonds. The molecule has 0 radical (unpaired) electrons. The average molecular weight is 213 g/mol. The molecule has 3 rings (SSSR count). The Kier molecular flexibility index (Phi) is 1.80. The summed E-state index contributed by atoms with van der Waals surface area (Å²) in [5.74, 6) is 0. The van der Waals surface area contributed by atoms with E-state index in [0.717, 1.165) is 28.4 Å². The molecule has 5 nitrogen and oxygen atoms in total. The van der Waals surface area contributed by atoms with Gasteiger partial charge >= 0.3 is 0 Å². The first-order valence-corrected chi connectivity index (χ1v) is 5.07. The highest BCUT2D eigenvalue weighted by Gasteiger charge is 2.10. The van der Waals surface area contributed by atoms with Gasteiger partial charge in [-0.15, -0.1) is 0 Å². The van der Waals surface area contributed by atoms with Gasteiger partial charge in [0.1, 0.15) is 5.69 Å². The maximum atomic E-state index is 4.50. The zero-order valence-electron chi connectivity index (χ0n) is 9.10. The van der Waals surface area contributed by atoms with E-state index >= 15 is 0 Å². The van der Waals surface area contributed by atoms with Crippen molar-refractivity contribution in [1.29, 1.82) is 0 Å². The Hall–Kier alpha value is -2.17. The highest BCUT2D eigenvalue weighted by atomic mass is 15.1. The average Bonchev–Trinajstić information content (AvgIpc) is 2.83. The second-order valence-corrected chi connectivity index (χ2v) is 3.81. The van der Waals surface area contributed by atoms with Crippen molar-refractivity contribution in [2.75, 3.05) is 0 Å². The van der Waals surface area contributed by atoms with Gasteiger partial charge in [0, 0.05) is 18.6 Å². The fourth-order valence-electron chi connectivity index (χ4n) is 1.81. The molecule has 0 aliphatic carbocycles. The second kappa shape index (κ2) is 3.16. The van der Waals surface area contributed by atoms with E-state index in [1.165, 1.54) is 0 Å². The molecule has 1 N–H and O–H groups in total. The number of imidazole rings is 1. The van der Waals surface area contributed by atoms with Crippen LogP contribution in [0.4, 0.5) is 0 Å².